The molecule has 0 aliphatic heterocycles. The number of thiophene rings is 1. The Bertz CT molecular complexity index is 692. The maximum absolute atomic E-state index is 5.28. The molecule has 0 fully saturated rings. The Hall–Kier alpha value is -1.24. The average molecular weight is 382 g/mol. The summed E-state index contributed by atoms with van der Waals surface area (Å²) in [5.74, 6) is 0. The molecule has 2 aromatic rings. The van der Waals surface area contributed by atoms with Crippen LogP contribution in [0.5, 0.6) is 0 Å². The minimum atomic E-state index is 0.485. The fraction of sp³-hybridized carbons (Fsp3) is 0.200. The number of hydrogen-bond acceptors (Lipinski definition) is 3. The van der Waals surface area contributed by atoms with Gasteiger partial charge in [0.1, 0.15) is 0 Å². The predicted molar refractivity (Wildman–Crippen MR) is 99.5 cm³/mol. The monoisotopic (exact) mass is 381 g/mol. The second-order valence-electron chi connectivity index (χ2n) is 4.61. The Balaban J connectivity index is 2.00. The van der Waals surface area contributed by atoms with Gasteiger partial charge in [-0.25, -0.2) is 0 Å². The van der Waals surface area contributed by atoms with Crippen molar-refractivity contribution < 1.29 is 0 Å². The first-order valence-corrected chi connectivity index (χ1v) is 8.42. The minimum Gasteiger partial charge on any atom is -0.331 e. The number of nitrogens with zero attached hydrogens (tertiary/aromatic N) is 1. The summed E-state index contributed by atoms with van der Waals surface area (Å²) >= 11 is 10.4. The molecule has 0 saturated carbocycles. The number of aryl methyl sites for hydroxylation is 1. The van der Waals surface area contributed by atoms with Gasteiger partial charge in [-0.2, -0.15) is 5.10 Å². The molecule has 2 rings (SSSR count). The summed E-state index contributed by atoms with van der Waals surface area (Å²) in [6.07, 6.45) is 0. The zero-order chi connectivity index (χ0) is 15.4. The highest BCUT2D eigenvalue weighted by molar-refractivity contribution is 9.11. The Morgan fingerprint density at radius 3 is 2.67 bits per heavy atom. The molecule has 2 N–H and O–H groups in total. The van der Waals surface area contributed by atoms with E-state index in [2.05, 4.69) is 51.7 Å². The lowest BCUT2D eigenvalue weighted by molar-refractivity contribution is 1.04. The Morgan fingerprint density at radius 1 is 1.24 bits per heavy atom. The van der Waals surface area contributed by atoms with Crippen molar-refractivity contribution in [3.63, 3.8) is 0 Å². The third-order valence-electron chi connectivity index (χ3n) is 3.11. The van der Waals surface area contributed by atoms with Gasteiger partial charge in [0, 0.05) is 5.69 Å². The van der Waals surface area contributed by atoms with E-state index < -0.39 is 0 Å². The van der Waals surface area contributed by atoms with E-state index in [-0.39, 0.29) is 0 Å². The van der Waals surface area contributed by atoms with Crippen molar-refractivity contribution in [2.24, 2.45) is 5.10 Å². The molecule has 1 aromatic carbocycles. The van der Waals surface area contributed by atoms with E-state index in [1.807, 2.05) is 31.2 Å². The molecule has 0 spiro atoms. The largest absolute Gasteiger partial charge is 0.331 e. The van der Waals surface area contributed by atoms with Crippen molar-refractivity contribution in [1.29, 1.82) is 0 Å². The van der Waals surface area contributed by atoms with E-state index in [4.69, 9.17) is 12.2 Å². The van der Waals surface area contributed by atoms with Crippen LogP contribution in [0.1, 0.15) is 22.9 Å². The van der Waals surface area contributed by atoms with Gasteiger partial charge in [-0.05, 0) is 78.2 Å². The fourth-order valence-electron chi connectivity index (χ4n) is 1.74. The molecule has 0 bridgehead atoms. The molecule has 1 aromatic heterocycles. The Morgan fingerprint density at radius 2 is 2.00 bits per heavy atom. The van der Waals surface area contributed by atoms with E-state index in [0.29, 0.717) is 5.11 Å². The Kier molecular flexibility index (Phi) is 5.50. The van der Waals surface area contributed by atoms with E-state index >= 15 is 0 Å². The molecule has 0 aliphatic rings. The molecular formula is C15H16BrN3S2. The summed E-state index contributed by atoms with van der Waals surface area (Å²) in [7, 11) is 0. The lowest BCUT2D eigenvalue weighted by Gasteiger charge is -2.11. The summed E-state index contributed by atoms with van der Waals surface area (Å²) in [5, 5.41) is 7.96. The normalized spacial score (nSPS) is 11.3. The zero-order valence-corrected chi connectivity index (χ0v) is 15.2. The number of thiocarbonyl (C=S) groups is 1. The minimum absolute atomic E-state index is 0.485. The number of hydrogen-bond donors (Lipinski definition) is 2. The van der Waals surface area contributed by atoms with Crippen LogP contribution >= 0.6 is 39.5 Å². The highest BCUT2D eigenvalue weighted by Gasteiger charge is 2.04. The van der Waals surface area contributed by atoms with Gasteiger partial charge in [-0.1, -0.05) is 12.1 Å². The van der Waals surface area contributed by atoms with Gasteiger partial charge in [0.2, 0.25) is 0 Å². The van der Waals surface area contributed by atoms with Gasteiger partial charge in [0.15, 0.2) is 5.11 Å². The second kappa shape index (κ2) is 7.15. The molecule has 6 heteroatoms. The lowest BCUT2D eigenvalue weighted by Crippen LogP contribution is -2.25. The van der Waals surface area contributed by atoms with Gasteiger partial charge in [0.25, 0.3) is 0 Å². The summed E-state index contributed by atoms with van der Waals surface area (Å²) in [5.41, 5.74) is 7.20. The third kappa shape index (κ3) is 4.36. The van der Waals surface area contributed by atoms with Crippen molar-refractivity contribution in [1.82, 2.24) is 5.43 Å². The van der Waals surface area contributed by atoms with E-state index in [9.17, 15) is 0 Å². The van der Waals surface area contributed by atoms with Crippen LogP contribution in [0, 0.1) is 13.8 Å². The first-order chi connectivity index (χ1) is 9.97. The van der Waals surface area contributed by atoms with Crippen molar-refractivity contribution in [2.75, 3.05) is 5.32 Å². The summed E-state index contributed by atoms with van der Waals surface area (Å²) in [4.78, 5) is 1.10. The molecule has 0 radical (unpaired) electrons. The lowest BCUT2D eigenvalue weighted by atomic mass is 10.1. The molecular weight excluding hydrogens is 366 g/mol. The molecule has 0 unspecified atom stereocenters. The van der Waals surface area contributed by atoms with Crippen LogP contribution in [-0.4, -0.2) is 10.8 Å². The summed E-state index contributed by atoms with van der Waals surface area (Å²) in [6, 6.07) is 10.1. The van der Waals surface area contributed by atoms with Crippen LogP contribution in [0.2, 0.25) is 0 Å². The highest BCUT2D eigenvalue weighted by Crippen LogP contribution is 2.22. The number of halogens is 1. The number of anilines is 1. The summed E-state index contributed by atoms with van der Waals surface area (Å²) < 4.78 is 1.09. The average Bonchev–Trinajstić information content (AvgIpc) is 2.88. The third-order valence-corrected chi connectivity index (χ3v) is 5.03. The molecule has 0 aliphatic carbocycles. The number of benzene rings is 1. The van der Waals surface area contributed by atoms with Gasteiger partial charge in [0.05, 0.1) is 14.4 Å². The number of hydrazone groups is 1. The number of rotatable bonds is 3. The standard InChI is InChI=1S/C15H16BrN3S2/c1-9-5-4-6-12(10(9)2)17-15(20)19-18-11(3)13-7-8-14(16)21-13/h4-8H,1-3H3,(H2,17,19,20)/b18-11-. The van der Waals surface area contributed by atoms with Crippen LogP contribution in [0.3, 0.4) is 0 Å². The molecule has 1 heterocycles. The SMILES string of the molecule is C/C(=N/NC(=S)Nc1cccc(C)c1C)c1ccc(Br)s1. The smallest absolute Gasteiger partial charge is 0.191 e. The van der Waals surface area contributed by atoms with E-state index in [1.54, 1.807) is 11.3 Å². The second-order valence-corrected chi connectivity index (χ2v) is 7.49. The summed E-state index contributed by atoms with van der Waals surface area (Å²) in [6.45, 7) is 6.09. The van der Waals surface area contributed by atoms with Crippen molar-refractivity contribution >= 4 is 56.0 Å². The van der Waals surface area contributed by atoms with Crippen LogP contribution in [-0.2, 0) is 0 Å². The van der Waals surface area contributed by atoms with Crippen LogP contribution in [0.25, 0.3) is 0 Å². The molecule has 110 valence electrons. The van der Waals surface area contributed by atoms with Gasteiger partial charge >= 0.3 is 0 Å². The van der Waals surface area contributed by atoms with Gasteiger partial charge in [-0.3, -0.25) is 5.43 Å². The molecule has 0 amide bonds. The van der Waals surface area contributed by atoms with Crippen molar-refractivity contribution in [3.05, 3.63) is 50.1 Å². The first kappa shape index (κ1) is 16.1. The zero-order valence-electron chi connectivity index (χ0n) is 12.0. The molecule has 3 nitrogen and oxygen atoms in total. The maximum Gasteiger partial charge on any atom is 0.191 e. The molecule has 0 saturated heterocycles. The Labute approximate surface area is 142 Å². The van der Waals surface area contributed by atoms with Gasteiger partial charge < -0.3 is 5.32 Å². The fourth-order valence-corrected chi connectivity index (χ4v) is 3.22. The first-order valence-electron chi connectivity index (χ1n) is 6.40. The van der Waals surface area contributed by atoms with Crippen molar-refractivity contribution in [2.45, 2.75) is 20.8 Å². The quantitative estimate of drug-likeness (QED) is 0.453. The van der Waals surface area contributed by atoms with Gasteiger partial charge in [-0.15, -0.1) is 11.3 Å². The van der Waals surface area contributed by atoms with E-state index in [0.717, 1.165) is 20.1 Å². The molecule has 21 heavy (non-hydrogen) atoms. The predicted octanol–water partition coefficient (Wildman–Crippen LogP) is 4.84. The van der Waals surface area contributed by atoms with Crippen molar-refractivity contribution in [3.8, 4) is 0 Å². The highest BCUT2D eigenvalue weighted by atomic mass is 79.9. The van der Waals surface area contributed by atoms with Crippen LogP contribution < -0.4 is 10.7 Å². The van der Waals surface area contributed by atoms with Crippen LogP contribution in [0.15, 0.2) is 39.2 Å². The topological polar surface area (TPSA) is 36.4 Å². The van der Waals surface area contributed by atoms with Crippen LogP contribution in [0.4, 0.5) is 5.69 Å². The maximum atomic E-state index is 5.28. The molecule has 0 atom stereocenters. The van der Waals surface area contributed by atoms with E-state index in [1.165, 1.54) is 11.1 Å². The number of nitrogens with one attached hydrogen (secondary N) is 2.